The summed E-state index contributed by atoms with van der Waals surface area (Å²) in [5.74, 6) is -5.02. The largest absolute Gasteiger partial charge is 0.497 e. The third kappa shape index (κ3) is 5.26. The second-order valence-electron chi connectivity index (χ2n) is 10.4. The monoisotopic (exact) mass is 561 g/mol. The van der Waals surface area contributed by atoms with Gasteiger partial charge in [0.05, 0.1) is 37.0 Å². The second kappa shape index (κ2) is 10.4. The van der Waals surface area contributed by atoms with Gasteiger partial charge in [0.1, 0.15) is 17.0 Å². The SMILES string of the molecule is COc1ccc(-c2ccc(CN3C(=O)C(N)CC(F)(F)c4cc(F)c(-c5nnc(C(C)(C)C#N)o5)cc43)cc2)cc1. The summed E-state index contributed by atoms with van der Waals surface area (Å²) < 4.78 is 56.6. The maximum Gasteiger partial charge on any atom is 0.277 e. The Labute approximate surface area is 234 Å². The average molecular weight is 562 g/mol. The molecule has 1 aliphatic rings. The van der Waals surface area contributed by atoms with Crippen molar-refractivity contribution < 1.29 is 27.1 Å². The van der Waals surface area contributed by atoms with Crippen LogP contribution >= 0.6 is 0 Å². The molecule has 4 aromatic rings. The minimum Gasteiger partial charge on any atom is -0.497 e. The number of hydrogen-bond donors (Lipinski definition) is 1. The van der Waals surface area contributed by atoms with Crippen molar-refractivity contribution in [3.8, 4) is 34.4 Å². The predicted molar refractivity (Wildman–Crippen MR) is 144 cm³/mol. The molecule has 0 fully saturated rings. The lowest BCUT2D eigenvalue weighted by atomic mass is 9.96. The molecule has 0 saturated carbocycles. The van der Waals surface area contributed by atoms with Gasteiger partial charge in [0.2, 0.25) is 11.8 Å². The van der Waals surface area contributed by atoms with E-state index in [2.05, 4.69) is 10.2 Å². The number of carbonyl (C=O) groups is 1. The lowest BCUT2D eigenvalue weighted by Crippen LogP contribution is -2.43. The Morgan fingerprint density at radius 3 is 2.37 bits per heavy atom. The van der Waals surface area contributed by atoms with Crippen LogP contribution in [0, 0.1) is 17.1 Å². The molecule has 3 aromatic carbocycles. The lowest BCUT2D eigenvalue weighted by molar-refractivity contribution is -0.122. The minimum atomic E-state index is -3.58. The van der Waals surface area contributed by atoms with Gasteiger partial charge in [0, 0.05) is 12.0 Å². The van der Waals surface area contributed by atoms with Gasteiger partial charge in [-0.1, -0.05) is 36.4 Å². The van der Waals surface area contributed by atoms with Gasteiger partial charge >= 0.3 is 0 Å². The van der Waals surface area contributed by atoms with Gasteiger partial charge in [-0.25, -0.2) is 13.2 Å². The molecule has 1 aromatic heterocycles. The van der Waals surface area contributed by atoms with Gasteiger partial charge in [0.15, 0.2) is 0 Å². The number of nitrogens with zero attached hydrogens (tertiary/aromatic N) is 4. The quantitative estimate of drug-likeness (QED) is 0.320. The van der Waals surface area contributed by atoms with E-state index in [-0.39, 0.29) is 29.6 Å². The van der Waals surface area contributed by atoms with Crippen LogP contribution in [0.3, 0.4) is 0 Å². The maximum absolute atomic E-state index is 15.3. The Balaban J connectivity index is 1.55. The highest BCUT2D eigenvalue weighted by atomic mass is 19.3. The summed E-state index contributed by atoms with van der Waals surface area (Å²) in [5, 5.41) is 17.0. The van der Waals surface area contributed by atoms with E-state index in [1.54, 1.807) is 33.1 Å². The summed E-state index contributed by atoms with van der Waals surface area (Å²) in [6.45, 7) is 2.99. The standard InChI is InChI=1S/C30H26F3N5O3/c1-29(2,16-34)28-37-36-26(41-28)21-12-25-22(13-23(21)31)30(32,33)14-24(35)27(39)38(25)15-17-4-6-18(7-5-17)19-8-10-20(40-3)11-9-19/h4-13,24H,14-15,35H2,1-3H3. The van der Waals surface area contributed by atoms with E-state index in [9.17, 15) is 10.1 Å². The zero-order valence-electron chi connectivity index (χ0n) is 22.5. The first-order valence-electron chi connectivity index (χ1n) is 12.7. The van der Waals surface area contributed by atoms with Crippen LogP contribution in [0.2, 0.25) is 0 Å². The number of ether oxygens (including phenoxy) is 1. The van der Waals surface area contributed by atoms with Crippen molar-refractivity contribution in [1.29, 1.82) is 5.26 Å². The molecule has 1 atom stereocenters. The first-order chi connectivity index (χ1) is 19.4. The van der Waals surface area contributed by atoms with E-state index in [1.165, 1.54) is 0 Å². The fraction of sp³-hybridized carbons (Fsp3) is 0.267. The summed E-state index contributed by atoms with van der Waals surface area (Å²) in [4.78, 5) is 14.5. The van der Waals surface area contributed by atoms with Gasteiger partial charge in [-0.2, -0.15) is 5.26 Å². The van der Waals surface area contributed by atoms with Crippen molar-refractivity contribution in [1.82, 2.24) is 10.2 Å². The maximum atomic E-state index is 15.3. The highest BCUT2D eigenvalue weighted by Crippen LogP contribution is 2.45. The molecule has 0 bridgehead atoms. The van der Waals surface area contributed by atoms with Gasteiger partial charge in [-0.3, -0.25) is 4.79 Å². The Morgan fingerprint density at radius 2 is 1.76 bits per heavy atom. The molecule has 41 heavy (non-hydrogen) atoms. The molecule has 8 nitrogen and oxygen atoms in total. The zero-order chi connectivity index (χ0) is 29.5. The fourth-order valence-corrected chi connectivity index (χ4v) is 4.60. The smallest absolute Gasteiger partial charge is 0.277 e. The number of benzene rings is 3. The number of fused-ring (bicyclic) bond motifs is 1. The molecule has 0 spiro atoms. The molecule has 5 rings (SSSR count). The molecule has 1 unspecified atom stereocenters. The van der Waals surface area contributed by atoms with Crippen molar-refractivity contribution in [2.45, 2.75) is 44.2 Å². The molecular weight excluding hydrogens is 535 g/mol. The summed E-state index contributed by atoms with van der Waals surface area (Å²) in [6, 6.07) is 17.0. The molecular formula is C30H26F3N5O3. The third-order valence-electron chi connectivity index (χ3n) is 7.02. The number of hydrogen-bond acceptors (Lipinski definition) is 7. The van der Waals surface area contributed by atoms with Crippen LogP contribution in [0.1, 0.15) is 37.3 Å². The number of nitrogens with two attached hydrogens (primary N) is 1. The number of alkyl halides is 2. The second-order valence-corrected chi connectivity index (χ2v) is 10.4. The predicted octanol–water partition coefficient (Wildman–Crippen LogP) is 5.71. The number of nitriles is 1. The Bertz CT molecular complexity index is 1640. The molecule has 1 amide bonds. The topological polar surface area (TPSA) is 118 Å². The normalized spacial score (nSPS) is 16.6. The average Bonchev–Trinajstić information content (AvgIpc) is 3.45. The third-order valence-corrected chi connectivity index (χ3v) is 7.02. The van der Waals surface area contributed by atoms with E-state index >= 15 is 13.2 Å². The number of carbonyl (C=O) groups excluding carboxylic acids is 1. The fourth-order valence-electron chi connectivity index (χ4n) is 4.60. The van der Waals surface area contributed by atoms with Gasteiger partial charge < -0.3 is 19.8 Å². The van der Waals surface area contributed by atoms with E-state index in [4.69, 9.17) is 14.9 Å². The highest BCUT2D eigenvalue weighted by molar-refractivity contribution is 5.99. The summed E-state index contributed by atoms with van der Waals surface area (Å²) in [7, 11) is 1.58. The van der Waals surface area contributed by atoms with E-state index in [0.717, 1.165) is 27.8 Å². The number of rotatable bonds is 6. The molecule has 210 valence electrons. The van der Waals surface area contributed by atoms with Crippen LogP contribution in [0.5, 0.6) is 5.75 Å². The van der Waals surface area contributed by atoms with Gasteiger partial charge in [-0.05, 0) is 54.8 Å². The van der Waals surface area contributed by atoms with Crippen molar-refractivity contribution >= 4 is 11.6 Å². The van der Waals surface area contributed by atoms with Crippen molar-refractivity contribution in [2.24, 2.45) is 5.73 Å². The molecule has 1 aliphatic heterocycles. The first-order valence-corrected chi connectivity index (χ1v) is 12.7. The molecule has 0 aliphatic carbocycles. The van der Waals surface area contributed by atoms with Crippen LogP contribution in [0.15, 0.2) is 65.1 Å². The van der Waals surface area contributed by atoms with Crippen molar-refractivity contribution in [3.63, 3.8) is 0 Å². The lowest BCUT2D eigenvalue weighted by Gasteiger charge is -2.25. The summed E-state index contributed by atoms with van der Waals surface area (Å²) >= 11 is 0. The van der Waals surface area contributed by atoms with E-state index < -0.39 is 41.1 Å². The first kappa shape index (κ1) is 27.9. The number of halogens is 3. The van der Waals surface area contributed by atoms with Gasteiger partial charge in [0.25, 0.3) is 11.8 Å². The van der Waals surface area contributed by atoms with Crippen LogP contribution in [0.4, 0.5) is 18.9 Å². The molecule has 0 radical (unpaired) electrons. The number of methoxy groups -OCH3 is 1. The molecule has 2 heterocycles. The van der Waals surface area contributed by atoms with E-state index in [0.29, 0.717) is 11.6 Å². The highest BCUT2D eigenvalue weighted by Gasteiger charge is 2.45. The van der Waals surface area contributed by atoms with E-state index in [1.807, 2.05) is 42.5 Å². The summed E-state index contributed by atoms with van der Waals surface area (Å²) in [5.41, 5.74) is 6.05. The Hall–Kier alpha value is -4.69. The molecule has 0 saturated heterocycles. The van der Waals surface area contributed by atoms with Crippen LogP contribution in [-0.4, -0.2) is 29.3 Å². The Morgan fingerprint density at radius 1 is 1.12 bits per heavy atom. The zero-order valence-corrected chi connectivity index (χ0v) is 22.5. The van der Waals surface area contributed by atoms with Crippen LogP contribution in [-0.2, 0) is 22.7 Å². The number of amides is 1. The van der Waals surface area contributed by atoms with Gasteiger partial charge in [-0.15, -0.1) is 10.2 Å². The minimum absolute atomic E-state index is 0.0680. The van der Waals surface area contributed by atoms with Crippen molar-refractivity contribution in [2.75, 3.05) is 12.0 Å². The number of anilines is 1. The summed E-state index contributed by atoms with van der Waals surface area (Å²) in [6.07, 6.45) is -0.981. The van der Waals surface area contributed by atoms with Crippen molar-refractivity contribution in [3.05, 3.63) is 83.5 Å². The molecule has 11 heteroatoms. The van der Waals surface area contributed by atoms with Crippen LogP contribution < -0.4 is 15.4 Å². The Kier molecular flexibility index (Phi) is 7.05. The molecule has 2 N–H and O–H groups in total. The number of aromatic nitrogens is 2. The van der Waals surface area contributed by atoms with Crippen LogP contribution in [0.25, 0.3) is 22.6 Å².